The third-order valence-electron chi connectivity index (χ3n) is 10.8. The molecular formula is C30H53NO6S. The fourth-order valence-corrected chi connectivity index (χ4v) is 9.05. The van der Waals surface area contributed by atoms with Crippen LogP contribution >= 0.6 is 0 Å². The van der Waals surface area contributed by atoms with E-state index in [1.807, 2.05) is 27.7 Å². The molecule has 0 aromatic rings. The largest absolute Gasteiger partial charge is 0.469 e. The van der Waals surface area contributed by atoms with E-state index in [9.17, 15) is 18.0 Å². The zero-order valence-corrected chi connectivity index (χ0v) is 25.6. The summed E-state index contributed by atoms with van der Waals surface area (Å²) in [5.74, 6) is 4.10. The van der Waals surface area contributed by atoms with Crippen LogP contribution in [-0.4, -0.2) is 38.3 Å². The van der Waals surface area contributed by atoms with Gasteiger partial charge in [-0.25, -0.2) is 13.6 Å². The van der Waals surface area contributed by atoms with Crippen LogP contribution < -0.4 is 5.14 Å². The highest BCUT2D eigenvalue weighted by molar-refractivity contribution is 7.89. The van der Waals surface area contributed by atoms with Crippen molar-refractivity contribution in [3.8, 4) is 0 Å². The summed E-state index contributed by atoms with van der Waals surface area (Å²) in [6, 6.07) is 0. The van der Waals surface area contributed by atoms with Crippen LogP contribution in [0.15, 0.2) is 0 Å². The van der Waals surface area contributed by atoms with Crippen molar-refractivity contribution in [1.29, 1.82) is 0 Å². The van der Waals surface area contributed by atoms with Crippen molar-refractivity contribution in [1.82, 2.24) is 0 Å². The lowest BCUT2D eigenvalue weighted by Crippen LogP contribution is -2.58. The van der Waals surface area contributed by atoms with Crippen molar-refractivity contribution in [2.75, 3.05) is 7.11 Å². The van der Waals surface area contributed by atoms with Crippen LogP contribution in [0, 0.1) is 46.8 Å². The number of ether oxygens (including phenoxy) is 2. The standard InChI is InChI=1S/C17H28O2.C7H13NO2S.C6H12O2/c1-5-16(2,3)15(18)19-17(4)13-7-11-6-12(9-13)10-14(17)8-11;8-11(9,10)7-4-5-1-2-6(7)3-5;1-4-5(2)6(7)8-3/h11-14H,5-10H2,1-4H3;5-7H,1-4H2,(H2,8,9,10);5H,4H2,1-3H3. The van der Waals surface area contributed by atoms with Gasteiger partial charge >= 0.3 is 11.9 Å². The Labute approximate surface area is 231 Å². The molecule has 0 aromatic heterocycles. The highest BCUT2D eigenvalue weighted by Gasteiger charge is 2.57. The van der Waals surface area contributed by atoms with Gasteiger partial charge in [-0.05, 0) is 120 Å². The molecule has 0 heterocycles. The number of hydrogen-bond acceptors (Lipinski definition) is 6. The first-order chi connectivity index (χ1) is 17.6. The average molecular weight is 556 g/mol. The third kappa shape index (κ3) is 6.94. The molecule has 2 N–H and O–H groups in total. The van der Waals surface area contributed by atoms with E-state index < -0.39 is 10.0 Å². The minimum atomic E-state index is -3.23. The van der Waals surface area contributed by atoms with Gasteiger partial charge in [-0.1, -0.05) is 27.2 Å². The smallest absolute Gasteiger partial charge is 0.312 e. The molecule has 6 saturated carbocycles. The summed E-state index contributed by atoms with van der Waals surface area (Å²) >= 11 is 0. The molecule has 6 bridgehead atoms. The van der Waals surface area contributed by atoms with Crippen molar-refractivity contribution in [3.63, 3.8) is 0 Å². The maximum absolute atomic E-state index is 12.5. The molecule has 8 heteroatoms. The maximum Gasteiger partial charge on any atom is 0.312 e. The van der Waals surface area contributed by atoms with Crippen molar-refractivity contribution in [2.45, 2.75) is 123 Å². The predicted molar refractivity (Wildman–Crippen MR) is 149 cm³/mol. The van der Waals surface area contributed by atoms with E-state index in [1.54, 1.807) is 0 Å². The Hall–Kier alpha value is -1.15. The molecule has 6 aliphatic rings. The fraction of sp³-hybridized carbons (Fsp3) is 0.933. The lowest BCUT2D eigenvalue weighted by Gasteiger charge is -2.59. The van der Waals surface area contributed by atoms with Crippen LogP contribution in [0.1, 0.15) is 112 Å². The Morgan fingerprint density at radius 3 is 1.82 bits per heavy atom. The van der Waals surface area contributed by atoms with Crippen LogP contribution in [0.4, 0.5) is 0 Å². The van der Waals surface area contributed by atoms with E-state index in [0.717, 1.165) is 43.9 Å². The minimum Gasteiger partial charge on any atom is -0.469 e. The predicted octanol–water partition coefficient (Wildman–Crippen LogP) is 5.85. The van der Waals surface area contributed by atoms with Gasteiger partial charge in [0.25, 0.3) is 0 Å². The maximum atomic E-state index is 12.5. The zero-order valence-electron chi connectivity index (χ0n) is 24.8. The minimum absolute atomic E-state index is 0.0185. The van der Waals surface area contributed by atoms with E-state index in [0.29, 0.717) is 23.7 Å². The highest BCUT2D eigenvalue weighted by Crippen LogP contribution is 2.59. The number of methoxy groups -OCH3 is 1. The van der Waals surface area contributed by atoms with Gasteiger partial charge in [-0.3, -0.25) is 9.59 Å². The van der Waals surface area contributed by atoms with Crippen LogP contribution in [0.25, 0.3) is 0 Å². The molecule has 0 amide bonds. The fourth-order valence-electron chi connectivity index (χ4n) is 7.73. The molecule has 220 valence electrons. The summed E-state index contributed by atoms with van der Waals surface area (Å²) in [4.78, 5) is 23.0. The molecule has 4 unspecified atom stereocenters. The van der Waals surface area contributed by atoms with Gasteiger partial charge in [0, 0.05) is 0 Å². The summed E-state index contributed by atoms with van der Waals surface area (Å²) in [6.07, 6.45) is 12.5. The molecule has 0 aliphatic heterocycles. The summed E-state index contributed by atoms with van der Waals surface area (Å²) in [5, 5.41) is 4.89. The number of carbonyl (C=O) groups excluding carboxylic acids is 2. The Bertz CT molecular complexity index is 916. The van der Waals surface area contributed by atoms with Crippen molar-refractivity contribution in [2.24, 2.45) is 52.0 Å². The summed E-state index contributed by atoms with van der Waals surface area (Å²) < 4.78 is 32.6. The van der Waals surface area contributed by atoms with Crippen molar-refractivity contribution < 1.29 is 27.5 Å². The summed E-state index contributed by atoms with van der Waals surface area (Å²) in [6.45, 7) is 12.1. The molecule has 0 radical (unpaired) electrons. The first-order valence-electron chi connectivity index (χ1n) is 15.0. The second kappa shape index (κ2) is 12.2. The number of primary sulfonamides is 1. The summed E-state index contributed by atoms with van der Waals surface area (Å²) in [5.41, 5.74) is -0.505. The van der Waals surface area contributed by atoms with Crippen LogP contribution in [0.2, 0.25) is 0 Å². The lowest BCUT2D eigenvalue weighted by atomic mass is 9.50. The Morgan fingerprint density at radius 2 is 1.50 bits per heavy atom. The molecule has 6 fully saturated rings. The van der Waals surface area contributed by atoms with Crippen LogP contribution in [-0.2, 0) is 29.1 Å². The first kappa shape index (κ1) is 31.4. The molecule has 0 spiro atoms. The Balaban J connectivity index is 0.000000178. The molecule has 0 saturated heterocycles. The molecular weight excluding hydrogens is 502 g/mol. The van der Waals surface area contributed by atoms with E-state index >= 15 is 0 Å². The number of rotatable bonds is 6. The van der Waals surface area contributed by atoms with Crippen molar-refractivity contribution >= 4 is 22.0 Å². The second-order valence-electron chi connectivity index (χ2n) is 13.8. The number of fused-ring (bicyclic) bond motifs is 2. The van der Waals surface area contributed by atoms with E-state index in [2.05, 4.69) is 18.6 Å². The van der Waals surface area contributed by atoms with E-state index in [1.165, 1.54) is 45.6 Å². The van der Waals surface area contributed by atoms with Crippen LogP contribution in [0.3, 0.4) is 0 Å². The number of sulfonamides is 1. The van der Waals surface area contributed by atoms with Crippen LogP contribution in [0.5, 0.6) is 0 Å². The lowest BCUT2D eigenvalue weighted by molar-refractivity contribution is -0.211. The topological polar surface area (TPSA) is 113 Å². The van der Waals surface area contributed by atoms with Gasteiger partial charge in [0.2, 0.25) is 10.0 Å². The first-order valence-corrected chi connectivity index (χ1v) is 16.6. The van der Waals surface area contributed by atoms with Gasteiger partial charge in [-0.15, -0.1) is 0 Å². The van der Waals surface area contributed by atoms with Gasteiger partial charge in [0.1, 0.15) is 5.60 Å². The van der Waals surface area contributed by atoms with E-state index in [4.69, 9.17) is 9.88 Å². The molecule has 6 aliphatic carbocycles. The zero-order chi connectivity index (χ0) is 28.5. The molecule has 38 heavy (non-hydrogen) atoms. The van der Waals surface area contributed by atoms with Gasteiger partial charge < -0.3 is 9.47 Å². The summed E-state index contributed by atoms with van der Waals surface area (Å²) in [7, 11) is -1.82. The normalized spacial score (nSPS) is 37.4. The third-order valence-corrected chi connectivity index (χ3v) is 12.2. The number of carbonyl (C=O) groups is 2. The molecule has 7 nitrogen and oxygen atoms in total. The van der Waals surface area contributed by atoms with Crippen molar-refractivity contribution in [3.05, 3.63) is 0 Å². The number of nitrogens with two attached hydrogens (primary N) is 1. The van der Waals surface area contributed by atoms with Gasteiger partial charge in [-0.2, -0.15) is 0 Å². The van der Waals surface area contributed by atoms with Gasteiger partial charge in [0.15, 0.2) is 0 Å². The second-order valence-corrected chi connectivity index (χ2v) is 15.5. The molecule has 6 rings (SSSR count). The highest BCUT2D eigenvalue weighted by atomic mass is 32.2. The molecule has 0 aromatic carbocycles. The number of hydrogen-bond donors (Lipinski definition) is 1. The SMILES string of the molecule is CCC(C)(C)C(=O)OC1(C)C2CC3CC(C2)CC1C3.CCC(C)C(=O)OC.NS(=O)(=O)C1CC2CCC1C2. The number of esters is 2. The quantitative estimate of drug-likeness (QED) is 0.411. The Kier molecular flexibility index (Phi) is 10.0. The molecule has 4 atom stereocenters. The van der Waals surface area contributed by atoms with E-state index in [-0.39, 0.29) is 34.1 Å². The Morgan fingerprint density at radius 1 is 0.947 bits per heavy atom. The average Bonchev–Trinajstić information content (AvgIpc) is 3.51. The van der Waals surface area contributed by atoms with Gasteiger partial charge in [0.05, 0.1) is 23.7 Å². The monoisotopic (exact) mass is 555 g/mol.